The second-order valence-corrected chi connectivity index (χ2v) is 7.79. The van der Waals surface area contributed by atoms with Crippen LogP contribution in [0.15, 0.2) is 88.6 Å². The van der Waals surface area contributed by atoms with Crippen LogP contribution in [0, 0.1) is 0 Å². The zero-order valence-electron chi connectivity index (χ0n) is 17.8. The van der Waals surface area contributed by atoms with Gasteiger partial charge in [-0.15, -0.1) is 0 Å². The number of halogens is 1. The van der Waals surface area contributed by atoms with Crippen molar-refractivity contribution in [2.75, 3.05) is 7.11 Å². The predicted molar refractivity (Wildman–Crippen MR) is 130 cm³/mol. The molecule has 0 bridgehead atoms. The minimum Gasteiger partial charge on any atom is -0.494 e. The number of benzene rings is 3. The number of aromatic nitrogens is 1. The van der Waals surface area contributed by atoms with E-state index >= 15 is 0 Å². The summed E-state index contributed by atoms with van der Waals surface area (Å²) < 4.78 is 6.08. The number of carbonyl (C=O) groups excluding carboxylic acids is 1. The van der Waals surface area contributed by atoms with Gasteiger partial charge in [0.25, 0.3) is 5.56 Å². The van der Waals surface area contributed by atoms with Gasteiger partial charge in [-0.3, -0.25) is 9.79 Å². The zero-order chi connectivity index (χ0) is 23.4. The third-order valence-corrected chi connectivity index (χ3v) is 5.65. The van der Waals surface area contributed by atoms with Crippen LogP contribution in [0.5, 0.6) is 5.88 Å². The number of pyridine rings is 1. The van der Waals surface area contributed by atoms with Crippen LogP contribution in [0.2, 0.25) is 5.02 Å². The second kappa shape index (κ2) is 9.71. The maximum absolute atomic E-state index is 13.2. The fourth-order valence-corrected chi connectivity index (χ4v) is 3.90. The Kier molecular flexibility index (Phi) is 6.56. The Balaban J connectivity index is 1.87. The molecule has 0 saturated heterocycles. The number of fused-ring (bicyclic) bond motifs is 1. The van der Waals surface area contributed by atoms with E-state index in [4.69, 9.17) is 16.3 Å². The molecule has 0 unspecified atom stereocenters. The fraction of sp³-hybridized carbons (Fsp3) is 0.115. The van der Waals surface area contributed by atoms with Gasteiger partial charge in [0.1, 0.15) is 0 Å². The van der Waals surface area contributed by atoms with E-state index in [1.165, 1.54) is 13.3 Å². The van der Waals surface area contributed by atoms with Gasteiger partial charge in [0.2, 0.25) is 5.88 Å². The van der Waals surface area contributed by atoms with Crippen molar-refractivity contribution in [3.05, 3.63) is 105 Å². The molecule has 0 fully saturated rings. The number of para-hydroxylation sites is 1. The molecule has 166 valence electrons. The third kappa shape index (κ3) is 4.52. The molecule has 7 heteroatoms. The first kappa shape index (κ1) is 22.3. The van der Waals surface area contributed by atoms with E-state index in [2.05, 4.69) is 4.99 Å². The van der Waals surface area contributed by atoms with E-state index in [0.717, 1.165) is 10.1 Å². The molecular weight excluding hydrogens is 440 g/mol. The molecule has 3 aromatic carbocycles. The van der Waals surface area contributed by atoms with E-state index in [-0.39, 0.29) is 5.88 Å². The monoisotopic (exact) mass is 460 g/mol. The number of esters is 1. The molecule has 1 N–H and O–H groups in total. The lowest BCUT2D eigenvalue weighted by Crippen LogP contribution is -2.24. The molecule has 0 aliphatic heterocycles. The number of aliphatic imine (C=N–C) groups is 1. The zero-order valence-corrected chi connectivity index (χ0v) is 18.6. The molecule has 0 radical (unpaired) electrons. The highest BCUT2D eigenvalue weighted by Gasteiger charge is 2.21. The summed E-state index contributed by atoms with van der Waals surface area (Å²) in [5.74, 6) is -0.822. The Labute approximate surface area is 195 Å². The van der Waals surface area contributed by atoms with Gasteiger partial charge in [0.05, 0.1) is 23.4 Å². The van der Waals surface area contributed by atoms with Gasteiger partial charge in [-0.1, -0.05) is 72.3 Å². The Bertz CT molecular complexity index is 1400. The molecule has 0 saturated carbocycles. The highest BCUT2D eigenvalue weighted by molar-refractivity contribution is 6.32. The van der Waals surface area contributed by atoms with Crippen molar-refractivity contribution in [2.45, 2.75) is 12.5 Å². The Morgan fingerprint density at radius 1 is 1.03 bits per heavy atom. The molecule has 0 aliphatic carbocycles. The Morgan fingerprint density at radius 2 is 1.67 bits per heavy atom. The molecule has 0 amide bonds. The fourth-order valence-electron chi connectivity index (χ4n) is 3.68. The van der Waals surface area contributed by atoms with Crippen LogP contribution in [0.1, 0.15) is 11.1 Å². The molecular formula is C26H21ClN2O4. The first-order chi connectivity index (χ1) is 16.0. The highest BCUT2D eigenvalue weighted by Crippen LogP contribution is 2.29. The molecule has 6 nitrogen and oxygen atoms in total. The summed E-state index contributed by atoms with van der Waals surface area (Å²) in [6.45, 7) is 0. The number of ether oxygens (including phenoxy) is 1. The minimum atomic E-state index is -0.823. The van der Waals surface area contributed by atoms with Crippen LogP contribution >= 0.6 is 11.6 Å². The smallest absolute Gasteiger partial charge is 0.330 e. The molecule has 1 heterocycles. The summed E-state index contributed by atoms with van der Waals surface area (Å²) in [5.41, 5.74) is 1.14. The summed E-state index contributed by atoms with van der Waals surface area (Å²) in [5, 5.41) is 12.3. The molecule has 4 aromatic rings. The number of hydrogen-bond donors (Lipinski definition) is 1. The van der Waals surface area contributed by atoms with Crippen molar-refractivity contribution in [3.63, 3.8) is 0 Å². The van der Waals surface area contributed by atoms with E-state index in [9.17, 15) is 14.7 Å². The molecule has 0 aliphatic rings. The van der Waals surface area contributed by atoms with Crippen LogP contribution in [0.25, 0.3) is 16.5 Å². The van der Waals surface area contributed by atoms with Gasteiger partial charge >= 0.3 is 5.97 Å². The number of carbonyl (C=O) groups is 1. The average Bonchev–Trinajstić information content (AvgIpc) is 2.84. The van der Waals surface area contributed by atoms with Crippen LogP contribution in [0.4, 0.5) is 0 Å². The van der Waals surface area contributed by atoms with Crippen molar-refractivity contribution in [1.29, 1.82) is 0 Å². The highest BCUT2D eigenvalue weighted by atomic mass is 35.5. The van der Waals surface area contributed by atoms with Crippen molar-refractivity contribution in [2.24, 2.45) is 4.99 Å². The topological polar surface area (TPSA) is 80.9 Å². The summed E-state index contributed by atoms with van der Waals surface area (Å²) in [6.07, 6.45) is 1.74. The van der Waals surface area contributed by atoms with Crippen LogP contribution in [0.3, 0.4) is 0 Å². The lowest BCUT2D eigenvalue weighted by molar-refractivity contribution is -0.142. The van der Waals surface area contributed by atoms with Crippen LogP contribution < -0.4 is 5.56 Å². The Morgan fingerprint density at radius 3 is 2.36 bits per heavy atom. The second-order valence-electron chi connectivity index (χ2n) is 7.38. The normalized spacial score (nSPS) is 12.2. The van der Waals surface area contributed by atoms with Gasteiger partial charge in [0, 0.05) is 23.4 Å². The summed E-state index contributed by atoms with van der Waals surface area (Å²) >= 11 is 6.32. The summed E-state index contributed by atoms with van der Waals surface area (Å²) in [7, 11) is 1.31. The van der Waals surface area contributed by atoms with Crippen LogP contribution in [-0.2, 0) is 16.0 Å². The van der Waals surface area contributed by atoms with E-state index in [1.807, 2.05) is 30.3 Å². The standard InChI is InChI=1S/C26H21ClN2O4/c1-33-26(32)22(15-17-9-3-2-4-10-17)28-16-20-18-11-5-6-12-19(18)24(30)29(25(20)31)23-14-8-7-13-21(23)27/h2-14,16,22,31H,15H2,1H3/t22-/m1/s1. The molecule has 0 spiro atoms. The van der Waals surface area contributed by atoms with Gasteiger partial charge < -0.3 is 9.84 Å². The quantitative estimate of drug-likeness (QED) is 0.338. The summed E-state index contributed by atoms with van der Waals surface area (Å²) in [6, 6.07) is 22.3. The van der Waals surface area contributed by atoms with Gasteiger partial charge in [-0.25, -0.2) is 9.36 Å². The minimum absolute atomic E-state index is 0.298. The average molecular weight is 461 g/mol. The lowest BCUT2D eigenvalue weighted by Gasteiger charge is -2.15. The number of methoxy groups -OCH3 is 1. The van der Waals surface area contributed by atoms with Crippen molar-refractivity contribution in [1.82, 2.24) is 4.57 Å². The van der Waals surface area contributed by atoms with E-state index < -0.39 is 17.6 Å². The van der Waals surface area contributed by atoms with Crippen molar-refractivity contribution >= 4 is 34.6 Å². The maximum atomic E-state index is 13.2. The first-order valence-electron chi connectivity index (χ1n) is 10.3. The lowest BCUT2D eigenvalue weighted by atomic mass is 10.1. The van der Waals surface area contributed by atoms with Gasteiger partial charge in [-0.05, 0) is 23.8 Å². The number of aromatic hydroxyl groups is 1. The summed E-state index contributed by atoms with van der Waals surface area (Å²) in [4.78, 5) is 30.1. The Hall–Kier alpha value is -3.90. The number of hydrogen-bond acceptors (Lipinski definition) is 5. The molecule has 1 atom stereocenters. The molecule has 4 rings (SSSR count). The van der Waals surface area contributed by atoms with E-state index in [1.54, 1.807) is 48.5 Å². The van der Waals surface area contributed by atoms with Crippen molar-refractivity contribution < 1.29 is 14.6 Å². The van der Waals surface area contributed by atoms with Crippen molar-refractivity contribution in [3.8, 4) is 11.6 Å². The molecule has 1 aromatic heterocycles. The molecule has 33 heavy (non-hydrogen) atoms. The third-order valence-electron chi connectivity index (χ3n) is 5.33. The maximum Gasteiger partial charge on any atom is 0.330 e. The number of rotatable bonds is 6. The number of nitrogens with zero attached hydrogens (tertiary/aromatic N) is 2. The largest absolute Gasteiger partial charge is 0.494 e. The first-order valence-corrected chi connectivity index (χ1v) is 10.7. The van der Waals surface area contributed by atoms with E-state index in [0.29, 0.717) is 33.5 Å². The van der Waals surface area contributed by atoms with Gasteiger partial charge in [0.15, 0.2) is 6.04 Å². The van der Waals surface area contributed by atoms with Gasteiger partial charge in [-0.2, -0.15) is 0 Å². The van der Waals surface area contributed by atoms with Crippen LogP contribution in [-0.4, -0.2) is 35.0 Å². The predicted octanol–water partition coefficient (Wildman–Crippen LogP) is 4.55. The SMILES string of the molecule is COC(=O)[C@@H](Cc1ccccc1)N=Cc1c(O)n(-c2ccccc2Cl)c(=O)c2ccccc12.